The molecule has 0 saturated heterocycles. The van der Waals surface area contributed by atoms with Gasteiger partial charge in [-0.15, -0.1) is 0 Å². The Labute approximate surface area is 252 Å². The number of nitrogens with zero attached hydrogens (tertiary/aromatic N) is 2. The first-order valence-corrected chi connectivity index (χ1v) is 14.4. The molecule has 1 aromatic heterocycles. The lowest BCUT2D eigenvalue weighted by molar-refractivity contribution is -0.123. The fraction of sp³-hybridized carbons (Fsp3) is 0.516. The third-order valence-electron chi connectivity index (χ3n) is 8.05. The van der Waals surface area contributed by atoms with Crippen LogP contribution in [0.2, 0.25) is 5.02 Å². The number of benzene rings is 2. The van der Waals surface area contributed by atoms with Crippen LogP contribution in [0.3, 0.4) is 0 Å². The Morgan fingerprint density at radius 3 is 2.00 bits per heavy atom. The number of ether oxygens (including phenoxy) is 1. The number of carbonyl (C=O) groups excluding carboxylic acids is 1. The number of rotatable bonds is 16. The summed E-state index contributed by atoms with van der Waals surface area (Å²) >= 11 is 6.08. The third kappa shape index (κ3) is 8.83. The smallest absolute Gasteiger partial charge is 0.257 e. The average molecular weight is 600 g/mol. The molecule has 2 atom stereocenters. The van der Waals surface area contributed by atoms with Crippen molar-refractivity contribution in [1.29, 1.82) is 0 Å². The predicted molar refractivity (Wildman–Crippen MR) is 168 cm³/mol. The molecule has 3 rings (SSSR count). The van der Waals surface area contributed by atoms with E-state index in [4.69, 9.17) is 20.8 Å². The van der Waals surface area contributed by atoms with E-state index in [1.165, 1.54) is 0 Å². The van der Waals surface area contributed by atoms with Crippen molar-refractivity contribution in [3.63, 3.8) is 0 Å². The minimum absolute atomic E-state index is 0.158. The van der Waals surface area contributed by atoms with E-state index in [0.717, 1.165) is 16.5 Å². The fourth-order valence-corrected chi connectivity index (χ4v) is 4.19. The lowest BCUT2D eigenvalue weighted by atomic mass is 9.85. The van der Waals surface area contributed by atoms with E-state index < -0.39 is 28.6 Å². The molecule has 3 aromatic rings. The van der Waals surface area contributed by atoms with Crippen LogP contribution < -0.4 is 20.7 Å². The molecule has 0 spiro atoms. The van der Waals surface area contributed by atoms with Gasteiger partial charge in [0, 0.05) is 52.1 Å². The van der Waals surface area contributed by atoms with Gasteiger partial charge in [0.2, 0.25) is 0 Å². The van der Waals surface area contributed by atoms with Crippen molar-refractivity contribution >= 4 is 28.5 Å². The highest BCUT2D eigenvalue weighted by atomic mass is 35.5. The lowest BCUT2D eigenvalue weighted by Gasteiger charge is -2.39. The predicted octanol–water partition coefficient (Wildman–Crippen LogP) is 6.30. The van der Waals surface area contributed by atoms with Crippen molar-refractivity contribution in [3.05, 3.63) is 63.4 Å². The molecule has 0 fully saturated rings. The van der Waals surface area contributed by atoms with Crippen LogP contribution in [0, 0.1) is 15.2 Å². The molecule has 0 aliphatic heterocycles. The molecule has 1 heterocycles. The summed E-state index contributed by atoms with van der Waals surface area (Å²) < 4.78 is 11.6. The van der Waals surface area contributed by atoms with Crippen molar-refractivity contribution in [1.82, 2.24) is 16.0 Å². The molecule has 2 aromatic carbocycles. The standard InChI is InChI=1S/C31H42ClN5O5/c1-20(36-39)29(3,4)34-18-31(7,19-35-30(5,6)21(2)37-40)17-33-28(38)16-41-25-11-8-22(9-12-25)27-15-23-14-24(32)10-13-26(23)42-27/h8-15,20-21,34-35H,16-19H2,1-7H3,(H,33,38). The Balaban J connectivity index is 1.59. The maximum absolute atomic E-state index is 12.8. The van der Waals surface area contributed by atoms with E-state index in [1.54, 1.807) is 32.0 Å². The van der Waals surface area contributed by atoms with Crippen molar-refractivity contribution in [2.24, 2.45) is 15.8 Å². The van der Waals surface area contributed by atoms with Crippen LogP contribution in [0.1, 0.15) is 48.5 Å². The molecule has 1 amide bonds. The van der Waals surface area contributed by atoms with Crippen LogP contribution in [0.4, 0.5) is 0 Å². The number of nitrogens with one attached hydrogen (secondary N) is 3. The number of halogens is 1. The second kappa shape index (κ2) is 13.8. The van der Waals surface area contributed by atoms with Crippen molar-refractivity contribution < 1.29 is 13.9 Å². The molecule has 0 aliphatic rings. The summed E-state index contributed by atoms with van der Waals surface area (Å²) in [5.41, 5.74) is 0.0450. The quantitative estimate of drug-likeness (QED) is 0.164. The van der Waals surface area contributed by atoms with Crippen LogP contribution in [-0.4, -0.2) is 55.3 Å². The summed E-state index contributed by atoms with van der Waals surface area (Å²) in [5.74, 6) is 0.984. The summed E-state index contributed by atoms with van der Waals surface area (Å²) in [5, 5.41) is 17.7. The largest absolute Gasteiger partial charge is 0.484 e. The molecule has 0 radical (unpaired) electrons. The molecule has 0 aliphatic carbocycles. The van der Waals surface area contributed by atoms with Crippen LogP contribution in [0.5, 0.6) is 5.75 Å². The van der Waals surface area contributed by atoms with Crippen LogP contribution >= 0.6 is 11.6 Å². The second-order valence-electron chi connectivity index (χ2n) is 12.4. The van der Waals surface area contributed by atoms with Gasteiger partial charge in [0.15, 0.2) is 6.61 Å². The second-order valence-corrected chi connectivity index (χ2v) is 12.8. The Morgan fingerprint density at radius 1 is 0.881 bits per heavy atom. The van der Waals surface area contributed by atoms with E-state index in [1.807, 2.05) is 65.0 Å². The minimum atomic E-state index is -0.551. The van der Waals surface area contributed by atoms with Crippen LogP contribution in [0.25, 0.3) is 22.3 Å². The van der Waals surface area contributed by atoms with Gasteiger partial charge in [-0.05, 0) is 90.1 Å². The average Bonchev–Trinajstić information content (AvgIpc) is 3.39. The Bertz CT molecular complexity index is 1340. The molecule has 42 heavy (non-hydrogen) atoms. The molecular weight excluding hydrogens is 558 g/mol. The number of fused-ring (bicyclic) bond motifs is 1. The highest BCUT2D eigenvalue weighted by molar-refractivity contribution is 6.31. The zero-order valence-electron chi connectivity index (χ0n) is 25.4. The van der Waals surface area contributed by atoms with Crippen LogP contribution in [0.15, 0.2) is 63.3 Å². The van der Waals surface area contributed by atoms with E-state index in [2.05, 4.69) is 26.3 Å². The van der Waals surface area contributed by atoms with Crippen molar-refractivity contribution in [2.75, 3.05) is 26.2 Å². The van der Waals surface area contributed by atoms with Crippen LogP contribution in [-0.2, 0) is 4.79 Å². The van der Waals surface area contributed by atoms with E-state index in [0.29, 0.717) is 36.2 Å². The molecule has 2 unspecified atom stereocenters. The summed E-state index contributed by atoms with van der Waals surface area (Å²) in [6.45, 7) is 14.3. The number of hydrogen-bond donors (Lipinski definition) is 3. The van der Waals surface area contributed by atoms with E-state index >= 15 is 0 Å². The third-order valence-corrected chi connectivity index (χ3v) is 8.28. The maximum atomic E-state index is 12.8. The Morgan fingerprint density at radius 2 is 1.45 bits per heavy atom. The molecule has 228 valence electrons. The Kier molecular flexibility index (Phi) is 10.9. The lowest BCUT2D eigenvalue weighted by Crippen LogP contribution is -2.58. The summed E-state index contributed by atoms with van der Waals surface area (Å²) in [6.07, 6.45) is 0. The fourth-order valence-electron chi connectivity index (χ4n) is 4.01. The monoisotopic (exact) mass is 599 g/mol. The van der Waals surface area contributed by atoms with Gasteiger partial charge in [-0.25, -0.2) is 0 Å². The van der Waals surface area contributed by atoms with Crippen molar-refractivity contribution in [3.8, 4) is 17.1 Å². The number of carbonyl (C=O) groups is 1. The van der Waals surface area contributed by atoms with Gasteiger partial charge in [0.25, 0.3) is 5.91 Å². The van der Waals surface area contributed by atoms with Crippen molar-refractivity contribution in [2.45, 2.75) is 71.6 Å². The van der Waals surface area contributed by atoms with E-state index in [9.17, 15) is 14.6 Å². The van der Waals surface area contributed by atoms with Gasteiger partial charge in [0.05, 0.1) is 0 Å². The summed E-state index contributed by atoms with van der Waals surface area (Å²) in [4.78, 5) is 35.1. The maximum Gasteiger partial charge on any atom is 0.257 e. The SMILES string of the molecule is CC(N=O)C(C)(C)NCC(C)(CNC(=O)COc1ccc(-c2cc3cc(Cl)ccc3o2)cc1)CNC(C)(C)C(C)N=O. The highest BCUT2D eigenvalue weighted by Gasteiger charge is 2.34. The number of hydrogen-bond acceptors (Lipinski definition) is 9. The number of furan rings is 1. The zero-order chi connectivity index (χ0) is 31.1. The first kappa shape index (κ1) is 33.2. The van der Waals surface area contributed by atoms with Gasteiger partial charge in [-0.1, -0.05) is 28.9 Å². The molecule has 3 N–H and O–H groups in total. The van der Waals surface area contributed by atoms with Gasteiger partial charge in [-0.3, -0.25) is 4.79 Å². The zero-order valence-corrected chi connectivity index (χ0v) is 26.2. The van der Waals surface area contributed by atoms with E-state index in [-0.39, 0.29) is 12.5 Å². The number of amides is 1. The highest BCUT2D eigenvalue weighted by Crippen LogP contribution is 2.30. The first-order chi connectivity index (χ1) is 19.7. The molecule has 10 nitrogen and oxygen atoms in total. The van der Waals surface area contributed by atoms with Gasteiger partial charge >= 0.3 is 0 Å². The summed E-state index contributed by atoms with van der Waals surface area (Å²) in [7, 11) is 0. The first-order valence-electron chi connectivity index (χ1n) is 14.0. The molecule has 0 bridgehead atoms. The van der Waals surface area contributed by atoms with Gasteiger partial charge in [-0.2, -0.15) is 9.81 Å². The van der Waals surface area contributed by atoms with Gasteiger partial charge < -0.3 is 25.1 Å². The van der Waals surface area contributed by atoms with Gasteiger partial charge in [0.1, 0.15) is 29.2 Å². The minimum Gasteiger partial charge on any atom is -0.484 e. The topological polar surface area (TPSA) is 134 Å². The number of nitroso groups, excluding NO2 is 2. The molecular formula is C31H42ClN5O5. The normalized spacial score (nSPS) is 15.0. The summed E-state index contributed by atoms with van der Waals surface area (Å²) in [6, 6.07) is 13.8. The molecule has 11 heteroatoms. The molecule has 0 saturated carbocycles. The Hall–Kier alpha value is -3.34.